The molecule has 0 saturated carbocycles. The summed E-state index contributed by atoms with van der Waals surface area (Å²) in [5.41, 5.74) is 3.28. The number of nitrogens with zero attached hydrogens (tertiary/aromatic N) is 3. The molecule has 0 radical (unpaired) electrons. The molecule has 3 aromatic rings. The summed E-state index contributed by atoms with van der Waals surface area (Å²) in [6.45, 7) is 4.91. The SMILES string of the molecule is CCOc1ccc(-c2ccc(=O)n(C(C)C(=O)N3CCCc4ccccc43)n2)cc1. The predicted octanol–water partition coefficient (Wildman–Crippen LogP) is 3.85. The van der Waals surface area contributed by atoms with Crippen molar-refractivity contribution in [2.45, 2.75) is 32.7 Å². The Morgan fingerprint density at radius 2 is 1.87 bits per heavy atom. The van der Waals surface area contributed by atoms with Crippen molar-refractivity contribution >= 4 is 11.6 Å². The normalized spacial score (nSPS) is 14.1. The molecule has 1 aliphatic heterocycles. The third-order valence-electron chi connectivity index (χ3n) is 5.39. The van der Waals surface area contributed by atoms with Crippen molar-refractivity contribution in [1.29, 1.82) is 0 Å². The molecule has 1 unspecified atom stereocenters. The Kier molecular flexibility index (Phi) is 5.65. The summed E-state index contributed by atoms with van der Waals surface area (Å²) in [5, 5.41) is 4.51. The highest BCUT2D eigenvalue weighted by molar-refractivity contribution is 5.97. The molecule has 2 heterocycles. The highest BCUT2D eigenvalue weighted by Crippen LogP contribution is 2.28. The number of aromatic nitrogens is 2. The lowest BCUT2D eigenvalue weighted by atomic mass is 10.0. The van der Waals surface area contributed by atoms with E-state index in [-0.39, 0.29) is 11.5 Å². The standard InChI is InChI=1S/C24H25N3O3/c1-3-30-20-12-10-18(11-13-20)21-14-15-23(28)27(25-21)17(2)24(29)26-16-6-8-19-7-4-5-9-22(19)26/h4-5,7,9-15,17H,3,6,8,16H2,1-2H3. The molecule has 6 heteroatoms. The average molecular weight is 403 g/mol. The fourth-order valence-corrected chi connectivity index (χ4v) is 3.84. The van der Waals surface area contributed by atoms with Crippen molar-refractivity contribution in [3.8, 4) is 17.0 Å². The van der Waals surface area contributed by atoms with Crippen molar-refractivity contribution in [2.24, 2.45) is 0 Å². The van der Waals surface area contributed by atoms with Crippen molar-refractivity contribution in [1.82, 2.24) is 9.78 Å². The summed E-state index contributed by atoms with van der Waals surface area (Å²) in [6.07, 6.45) is 1.86. The minimum Gasteiger partial charge on any atom is -0.494 e. The third kappa shape index (κ3) is 3.85. The molecular formula is C24H25N3O3. The summed E-state index contributed by atoms with van der Waals surface area (Å²) < 4.78 is 6.76. The minimum atomic E-state index is -0.702. The number of ether oxygens (including phenoxy) is 1. The Balaban J connectivity index is 1.63. The molecule has 1 atom stereocenters. The van der Waals surface area contributed by atoms with Gasteiger partial charge in [-0.2, -0.15) is 5.10 Å². The molecule has 0 fully saturated rings. The van der Waals surface area contributed by atoms with Crippen LogP contribution in [0.1, 0.15) is 31.9 Å². The third-order valence-corrected chi connectivity index (χ3v) is 5.39. The molecule has 2 aromatic carbocycles. The van der Waals surface area contributed by atoms with Gasteiger partial charge in [-0.15, -0.1) is 0 Å². The van der Waals surface area contributed by atoms with Crippen molar-refractivity contribution < 1.29 is 9.53 Å². The number of rotatable bonds is 5. The molecule has 0 bridgehead atoms. The van der Waals surface area contributed by atoms with E-state index in [2.05, 4.69) is 11.2 Å². The lowest BCUT2D eigenvalue weighted by Crippen LogP contribution is -2.42. The van der Waals surface area contributed by atoms with Gasteiger partial charge in [-0.3, -0.25) is 9.59 Å². The summed E-state index contributed by atoms with van der Waals surface area (Å²) in [5.74, 6) is 0.655. The van der Waals surface area contributed by atoms with E-state index in [4.69, 9.17) is 4.74 Å². The van der Waals surface area contributed by atoms with E-state index in [1.807, 2.05) is 49.4 Å². The van der Waals surface area contributed by atoms with Crippen LogP contribution in [0.5, 0.6) is 5.75 Å². The van der Waals surface area contributed by atoms with E-state index in [1.54, 1.807) is 17.9 Å². The van der Waals surface area contributed by atoms with Gasteiger partial charge in [-0.1, -0.05) is 18.2 Å². The lowest BCUT2D eigenvalue weighted by Gasteiger charge is -2.31. The molecule has 0 spiro atoms. The van der Waals surface area contributed by atoms with Crippen LogP contribution in [0, 0.1) is 0 Å². The Labute approximate surface area is 175 Å². The van der Waals surface area contributed by atoms with Gasteiger partial charge in [0, 0.05) is 23.9 Å². The van der Waals surface area contributed by atoms with E-state index >= 15 is 0 Å². The molecule has 0 N–H and O–H groups in total. The Bertz CT molecular complexity index is 1110. The average Bonchev–Trinajstić information content (AvgIpc) is 2.79. The summed E-state index contributed by atoms with van der Waals surface area (Å²) in [4.78, 5) is 27.6. The second kappa shape index (κ2) is 8.53. The second-order valence-electron chi connectivity index (χ2n) is 7.36. The molecule has 6 nitrogen and oxygen atoms in total. The molecule has 0 saturated heterocycles. The number of anilines is 1. The second-order valence-corrected chi connectivity index (χ2v) is 7.36. The quantitative estimate of drug-likeness (QED) is 0.649. The van der Waals surface area contributed by atoms with Gasteiger partial charge in [-0.05, 0) is 68.7 Å². The van der Waals surface area contributed by atoms with Crippen LogP contribution in [0.4, 0.5) is 5.69 Å². The molecule has 1 aliphatic rings. The van der Waals surface area contributed by atoms with Crippen molar-refractivity contribution in [3.05, 3.63) is 76.6 Å². The number of hydrogen-bond donors (Lipinski definition) is 0. The van der Waals surface area contributed by atoms with Crippen LogP contribution in [-0.2, 0) is 11.2 Å². The number of amides is 1. The van der Waals surface area contributed by atoms with E-state index in [0.29, 0.717) is 18.8 Å². The molecule has 30 heavy (non-hydrogen) atoms. The first-order chi connectivity index (χ1) is 14.6. The van der Waals surface area contributed by atoms with Crippen LogP contribution >= 0.6 is 0 Å². The number of benzene rings is 2. The highest BCUT2D eigenvalue weighted by Gasteiger charge is 2.28. The van der Waals surface area contributed by atoms with Gasteiger partial charge in [0.2, 0.25) is 0 Å². The molecule has 1 aromatic heterocycles. The number of para-hydroxylation sites is 1. The summed E-state index contributed by atoms with van der Waals surface area (Å²) in [7, 11) is 0. The molecular weight excluding hydrogens is 378 g/mol. The largest absolute Gasteiger partial charge is 0.494 e. The summed E-state index contributed by atoms with van der Waals surface area (Å²) >= 11 is 0. The Morgan fingerprint density at radius 3 is 2.63 bits per heavy atom. The first kappa shape index (κ1) is 19.9. The smallest absolute Gasteiger partial charge is 0.267 e. The maximum Gasteiger partial charge on any atom is 0.267 e. The van der Waals surface area contributed by atoms with Crippen molar-refractivity contribution in [2.75, 3.05) is 18.1 Å². The van der Waals surface area contributed by atoms with Crippen LogP contribution in [0.25, 0.3) is 11.3 Å². The fraction of sp³-hybridized carbons (Fsp3) is 0.292. The first-order valence-corrected chi connectivity index (χ1v) is 10.3. The van der Waals surface area contributed by atoms with Crippen LogP contribution in [0.15, 0.2) is 65.5 Å². The van der Waals surface area contributed by atoms with Gasteiger partial charge in [0.05, 0.1) is 12.3 Å². The molecule has 4 rings (SSSR count). The van der Waals surface area contributed by atoms with Gasteiger partial charge in [0.15, 0.2) is 0 Å². The van der Waals surface area contributed by atoms with E-state index < -0.39 is 6.04 Å². The van der Waals surface area contributed by atoms with Gasteiger partial charge >= 0.3 is 0 Å². The zero-order valence-electron chi connectivity index (χ0n) is 17.2. The van der Waals surface area contributed by atoms with Crippen LogP contribution in [0.3, 0.4) is 0 Å². The first-order valence-electron chi connectivity index (χ1n) is 10.3. The van der Waals surface area contributed by atoms with Crippen LogP contribution < -0.4 is 15.2 Å². The molecule has 1 amide bonds. The maximum absolute atomic E-state index is 13.3. The zero-order chi connectivity index (χ0) is 21.1. The monoisotopic (exact) mass is 403 g/mol. The van der Waals surface area contributed by atoms with Gasteiger partial charge < -0.3 is 9.64 Å². The van der Waals surface area contributed by atoms with E-state index in [9.17, 15) is 9.59 Å². The number of carbonyl (C=O) groups excluding carboxylic acids is 1. The Hall–Kier alpha value is -3.41. The van der Waals surface area contributed by atoms with E-state index in [1.165, 1.54) is 10.7 Å². The lowest BCUT2D eigenvalue weighted by molar-refractivity contribution is -0.121. The zero-order valence-corrected chi connectivity index (χ0v) is 17.2. The molecule has 154 valence electrons. The fourth-order valence-electron chi connectivity index (χ4n) is 3.84. The van der Waals surface area contributed by atoms with Crippen LogP contribution in [0.2, 0.25) is 0 Å². The van der Waals surface area contributed by atoms with Gasteiger partial charge in [0.25, 0.3) is 11.5 Å². The van der Waals surface area contributed by atoms with E-state index in [0.717, 1.165) is 35.4 Å². The highest BCUT2D eigenvalue weighted by atomic mass is 16.5. The number of carbonyl (C=O) groups is 1. The number of fused-ring (bicyclic) bond motifs is 1. The Morgan fingerprint density at radius 1 is 1.10 bits per heavy atom. The summed E-state index contributed by atoms with van der Waals surface area (Å²) in [6, 6.07) is 17.9. The van der Waals surface area contributed by atoms with Crippen LogP contribution in [-0.4, -0.2) is 28.8 Å². The van der Waals surface area contributed by atoms with Crippen molar-refractivity contribution in [3.63, 3.8) is 0 Å². The predicted molar refractivity (Wildman–Crippen MR) is 117 cm³/mol. The van der Waals surface area contributed by atoms with Gasteiger partial charge in [-0.25, -0.2) is 4.68 Å². The molecule has 0 aliphatic carbocycles. The number of hydrogen-bond acceptors (Lipinski definition) is 4. The maximum atomic E-state index is 13.3. The topological polar surface area (TPSA) is 64.4 Å². The number of aryl methyl sites for hydroxylation is 1. The minimum absolute atomic E-state index is 0.124. The van der Waals surface area contributed by atoms with Gasteiger partial charge in [0.1, 0.15) is 11.8 Å².